The van der Waals surface area contributed by atoms with E-state index in [1.165, 1.54) is 14.0 Å². The Hall–Kier alpha value is -1.99. The van der Waals surface area contributed by atoms with Crippen LogP contribution in [-0.4, -0.2) is 25.7 Å². The van der Waals surface area contributed by atoms with Crippen LogP contribution in [0.5, 0.6) is 0 Å². The second-order valence-electron chi connectivity index (χ2n) is 4.50. The molecule has 3 heterocycles. The van der Waals surface area contributed by atoms with Gasteiger partial charge < -0.3 is 5.32 Å². The molecule has 0 aliphatic heterocycles. The fourth-order valence-electron chi connectivity index (χ4n) is 2.05. The summed E-state index contributed by atoms with van der Waals surface area (Å²) in [5.74, 6) is 0. The van der Waals surface area contributed by atoms with E-state index in [1.807, 2.05) is 6.07 Å². The van der Waals surface area contributed by atoms with Crippen molar-refractivity contribution in [3.05, 3.63) is 51.5 Å². The molecule has 0 saturated carbocycles. The normalized spacial score (nSPS) is 12.8. The number of nitrogens with one attached hydrogen (secondary N) is 1. The highest BCUT2D eigenvalue weighted by molar-refractivity contribution is 7.10. The quantitative estimate of drug-likeness (QED) is 0.769. The summed E-state index contributed by atoms with van der Waals surface area (Å²) in [7, 11) is 0. The minimum atomic E-state index is -0.132. The summed E-state index contributed by atoms with van der Waals surface area (Å²) in [5, 5.41) is 9.69. The molecule has 0 aromatic carbocycles. The Bertz CT molecular complexity index is 746. The first kappa shape index (κ1) is 13.0. The van der Waals surface area contributed by atoms with Crippen molar-refractivity contribution in [3.63, 3.8) is 0 Å². The molecule has 1 unspecified atom stereocenters. The second kappa shape index (κ2) is 5.56. The average molecular weight is 289 g/mol. The zero-order valence-corrected chi connectivity index (χ0v) is 11.9. The molecule has 0 bridgehead atoms. The summed E-state index contributed by atoms with van der Waals surface area (Å²) < 4.78 is 2.96. The number of thiophene rings is 1. The zero-order chi connectivity index (χ0) is 13.9. The first-order valence-corrected chi connectivity index (χ1v) is 7.29. The van der Waals surface area contributed by atoms with Crippen LogP contribution < -0.4 is 11.0 Å². The molecule has 0 aliphatic rings. The van der Waals surface area contributed by atoms with Gasteiger partial charge in [0.05, 0.1) is 12.7 Å². The fourth-order valence-corrected chi connectivity index (χ4v) is 2.81. The van der Waals surface area contributed by atoms with E-state index in [0.717, 1.165) is 0 Å². The number of hydrogen-bond donors (Lipinski definition) is 1. The maximum Gasteiger partial charge on any atom is 0.350 e. The van der Waals surface area contributed by atoms with Crippen LogP contribution in [0.1, 0.15) is 17.8 Å². The van der Waals surface area contributed by atoms with E-state index in [4.69, 9.17) is 0 Å². The smallest absolute Gasteiger partial charge is 0.308 e. The Morgan fingerprint density at radius 1 is 1.50 bits per heavy atom. The van der Waals surface area contributed by atoms with Crippen molar-refractivity contribution in [1.82, 2.24) is 24.5 Å². The molecule has 1 atom stereocenters. The van der Waals surface area contributed by atoms with Crippen LogP contribution in [0, 0.1) is 0 Å². The molecule has 7 heteroatoms. The number of fused-ring (bicyclic) bond motifs is 1. The molecular formula is C13H15N5OS. The maximum absolute atomic E-state index is 12.0. The van der Waals surface area contributed by atoms with Gasteiger partial charge in [0.15, 0.2) is 5.65 Å². The minimum absolute atomic E-state index is 0.132. The number of nitrogens with zero attached hydrogens (tertiary/aromatic N) is 4. The first-order valence-electron chi connectivity index (χ1n) is 6.41. The summed E-state index contributed by atoms with van der Waals surface area (Å²) in [6.07, 6.45) is 4.79. The van der Waals surface area contributed by atoms with Gasteiger partial charge in [0, 0.05) is 29.9 Å². The van der Waals surface area contributed by atoms with E-state index >= 15 is 0 Å². The van der Waals surface area contributed by atoms with Crippen molar-refractivity contribution < 1.29 is 0 Å². The lowest BCUT2D eigenvalue weighted by Crippen LogP contribution is -2.28. The zero-order valence-electron chi connectivity index (χ0n) is 11.1. The second-order valence-corrected chi connectivity index (χ2v) is 5.48. The lowest BCUT2D eigenvalue weighted by molar-refractivity contribution is 0.502. The molecular weight excluding hydrogens is 274 g/mol. The molecule has 104 valence electrons. The Balaban J connectivity index is 1.66. The van der Waals surface area contributed by atoms with Gasteiger partial charge in [-0.05, 0) is 18.4 Å². The van der Waals surface area contributed by atoms with Crippen LogP contribution in [0.15, 0.2) is 40.9 Å². The van der Waals surface area contributed by atoms with E-state index in [1.54, 1.807) is 29.9 Å². The molecule has 0 radical (unpaired) electrons. The minimum Gasteiger partial charge on any atom is -0.308 e. The van der Waals surface area contributed by atoms with Gasteiger partial charge in [0.2, 0.25) is 0 Å². The van der Waals surface area contributed by atoms with Gasteiger partial charge >= 0.3 is 5.69 Å². The van der Waals surface area contributed by atoms with Crippen LogP contribution >= 0.6 is 11.3 Å². The fraction of sp³-hybridized carbons (Fsp3) is 0.308. The van der Waals surface area contributed by atoms with E-state index in [0.29, 0.717) is 18.7 Å². The molecule has 3 aromatic rings. The van der Waals surface area contributed by atoms with Gasteiger partial charge in [0.1, 0.15) is 0 Å². The predicted octanol–water partition coefficient (Wildman–Crippen LogP) is 1.30. The highest BCUT2D eigenvalue weighted by Gasteiger charge is 2.08. The molecule has 0 spiro atoms. The SMILES string of the molecule is CC(NCCn1nc2cnccn2c1=O)c1cccs1. The first-order chi connectivity index (χ1) is 9.75. The molecule has 1 N–H and O–H groups in total. The lowest BCUT2D eigenvalue weighted by Gasteiger charge is -2.11. The molecule has 20 heavy (non-hydrogen) atoms. The molecule has 0 saturated heterocycles. The third-order valence-corrected chi connectivity index (χ3v) is 4.19. The van der Waals surface area contributed by atoms with E-state index in [-0.39, 0.29) is 11.7 Å². The number of rotatable bonds is 5. The summed E-state index contributed by atoms with van der Waals surface area (Å²) in [6, 6.07) is 4.42. The summed E-state index contributed by atoms with van der Waals surface area (Å²) in [6.45, 7) is 3.34. The van der Waals surface area contributed by atoms with Crippen molar-refractivity contribution in [1.29, 1.82) is 0 Å². The standard InChI is InChI=1S/C13H15N5OS/c1-10(11-3-2-8-20-11)15-5-7-18-13(19)17-6-4-14-9-12(17)16-18/h2-4,6,8-10,15H,5,7H2,1H3. The van der Waals surface area contributed by atoms with Crippen LogP contribution in [0.3, 0.4) is 0 Å². The van der Waals surface area contributed by atoms with Crippen LogP contribution in [0.25, 0.3) is 5.65 Å². The van der Waals surface area contributed by atoms with Crippen LogP contribution in [0.2, 0.25) is 0 Å². The Labute approximate surface area is 119 Å². The highest BCUT2D eigenvalue weighted by atomic mass is 32.1. The van der Waals surface area contributed by atoms with E-state index in [2.05, 4.69) is 33.8 Å². The molecule has 3 rings (SSSR count). The average Bonchev–Trinajstić information content (AvgIpc) is 3.09. The van der Waals surface area contributed by atoms with Crippen molar-refractivity contribution in [2.24, 2.45) is 0 Å². The number of aromatic nitrogens is 4. The maximum atomic E-state index is 12.0. The topological polar surface area (TPSA) is 64.2 Å². The summed E-state index contributed by atoms with van der Waals surface area (Å²) in [4.78, 5) is 17.3. The van der Waals surface area contributed by atoms with Crippen molar-refractivity contribution in [2.45, 2.75) is 19.5 Å². The molecule has 6 nitrogen and oxygen atoms in total. The van der Waals surface area contributed by atoms with Crippen LogP contribution in [-0.2, 0) is 6.54 Å². The molecule has 0 fully saturated rings. The van der Waals surface area contributed by atoms with Crippen LogP contribution in [0.4, 0.5) is 0 Å². The summed E-state index contributed by atoms with van der Waals surface area (Å²) in [5.41, 5.74) is 0.441. The van der Waals surface area contributed by atoms with E-state index < -0.39 is 0 Å². The van der Waals surface area contributed by atoms with Gasteiger partial charge in [-0.2, -0.15) is 0 Å². The Kier molecular flexibility index (Phi) is 3.62. The molecule has 0 amide bonds. The van der Waals surface area contributed by atoms with Crippen molar-refractivity contribution in [3.8, 4) is 0 Å². The van der Waals surface area contributed by atoms with Gasteiger partial charge in [-0.1, -0.05) is 6.07 Å². The lowest BCUT2D eigenvalue weighted by atomic mass is 10.3. The third kappa shape index (κ3) is 2.50. The van der Waals surface area contributed by atoms with Gasteiger partial charge in [-0.15, -0.1) is 16.4 Å². The predicted molar refractivity (Wildman–Crippen MR) is 78.0 cm³/mol. The van der Waals surface area contributed by atoms with Gasteiger partial charge in [-0.25, -0.2) is 13.9 Å². The van der Waals surface area contributed by atoms with Crippen molar-refractivity contribution in [2.75, 3.05) is 6.54 Å². The largest absolute Gasteiger partial charge is 0.350 e. The van der Waals surface area contributed by atoms with Gasteiger partial charge in [-0.3, -0.25) is 4.98 Å². The molecule has 0 aliphatic carbocycles. The summed E-state index contributed by atoms with van der Waals surface area (Å²) >= 11 is 1.73. The Morgan fingerprint density at radius 2 is 2.40 bits per heavy atom. The van der Waals surface area contributed by atoms with Crippen molar-refractivity contribution >= 4 is 17.0 Å². The van der Waals surface area contributed by atoms with Gasteiger partial charge in [0.25, 0.3) is 0 Å². The monoisotopic (exact) mass is 289 g/mol. The Morgan fingerprint density at radius 3 is 3.15 bits per heavy atom. The number of hydrogen-bond acceptors (Lipinski definition) is 5. The third-order valence-electron chi connectivity index (χ3n) is 3.13. The van der Waals surface area contributed by atoms with E-state index in [9.17, 15) is 4.79 Å². The highest BCUT2D eigenvalue weighted by Crippen LogP contribution is 2.17. The molecule has 3 aromatic heterocycles.